The lowest BCUT2D eigenvalue weighted by atomic mass is 10.3. The largest absolute Gasteiger partial charge is 0.456 e. The summed E-state index contributed by atoms with van der Waals surface area (Å²) in [7, 11) is -3.86. The second-order valence-electron chi connectivity index (χ2n) is 5.69. The lowest BCUT2D eigenvalue weighted by Gasteiger charge is -2.12. The first-order chi connectivity index (χ1) is 14.2. The summed E-state index contributed by atoms with van der Waals surface area (Å²) in [4.78, 5) is 23.5. The Morgan fingerprint density at radius 1 is 1.10 bits per heavy atom. The van der Waals surface area contributed by atoms with Crippen LogP contribution >= 0.6 is 11.6 Å². The molecule has 0 spiro atoms. The second kappa shape index (κ2) is 10.9. The molecule has 0 saturated carbocycles. The van der Waals surface area contributed by atoms with Crippen LogP contribution in [0.5, 0.6) is 5.75 Å². The second-order valence-corrected chi connectivity index (χ2v) is 7.89. The number of nitrogens with one attached hydrogen (secondary N) is 2. The fourth-order valence-corrected chi connectivity index (χ4v) is 3.51. The number of ether oxygens (including phenoxy) is 2. The Labute approximate surface area is 176 Å². The molecule has 0 bridgehead atoms. The number of benzene rings is 2. The molecule has 0 aliphatic heterocycles. The van der Waals surface area contributed by atoms with Gasteiger partial charge in [0.2, 0.25) is 10.0 Å². The molecule has 0 saturated heterocycles. The summed E-state index contributed by atoms with van der Waals surface area (Å²) in [5.41, 5.74) is -0.0202. The number of esters is 1. The maximum atomic E-state index is 12.4. The molecule has 162 valence electrons. The van der Waals surface area contributed by atoms with Crippen LogP contribution in [-0.4, -0.2) is 40.1 Å². The Balaban J connectivity index is 1.78. The molecular formula is C18H17ClF2N2O6S. The Morgan fingerprint density at radius 3 is 2.53 bits per heavy atom. The number of hydrogen-bond acceptors (Lipinski definition) is 6. The van der Waals surface area contributed by atoms with E-state index in [-0.39, 0.29) is 34.3 Å². The van der Waals surface area contributed by atoms with Crippen LogP contribution < -0.4 is 14.8 Å². The molecule has 0 unspecified atom stereocenters. The molecule has 2 aromatic rings. The third-order valence-corrected chi connectivity index (χ3v) is 5.16. The monoisotopic (exact) mass is 462 g/mol. The Bertz CT molecular complexity index is 1000. The van der Waals surface area contributed by atoms with Gasteiger partial charge in [-0.1, -0.05) is 29.8 Å². The zero-order chi connectivity index (χ0) is 22.1. The Kier molecular flexibility index (Phi) is 8.51. The van der Waals surface area contributed by atoms with E-state index in [4.69, 9.17) is 16.3 Å². The van der Waals surface area contributed by atoms with Gasteiger partial charge in [0, 0.05) is 11.6 Å². The molecule has 1 amide bonds. The maximum absolute atomic E-state index is 12.4. The van der Waals surface area contributed by atoms with Crippen molar-refractivity contribution in [1.82, 2.24) is 4.72 Å². The summed E-state index contributed by atoms with van der Waals surface area (Å²) < 4.78 is 60.1. The summed E-state index contributed by atoms with van der Waals surface area (Å²) in [6.45, 7) is -4.03. The van der Waals surface area contributed by atoms with Crippen LogP contribution in [0.3, 0.4) is 0 Å². The minimum Gasteiger partial charge on any atom is -0.456 e. The number of para-hydroxylation sites is 2. The van der Waals surface area contributed by atoms with Gasteiger partial charge in [-0.3, -0.25) is 9.59 Å². The first kappa shape index (κ1) is 23.5. The zero-order valence-corrected chi connectivity index (χ0v) is 16.9. The summed E-state index contributed by atoms with van der Waals surface area (Å²) in [5.74, 6) is -1.87. The first-order valence-electron chi connectivity index (χ1n) is 8.42. The van der Waals surface area contributed by atoms with E-state index in [1.165, 1.54) is 48.5 Å². The third kappa shape index (κ3) is 7.58. The topological polar surface area (TPSA) is 111 Å². The average Bonchev–Trinajstić information content (AvgIpc) is 2.67. The number of amides is 1. The molecule has 8 nitrogen and oxygen atoms in total. The quantitative estimate of drug-likeness (QED) is 0.525. The van der Waals surface area contributed by atoms with Crippen molar-refractivity contribution in [3.63, 3.8) is 0 Å². The van der Waals surface area contributed by atoms with E-state index in [0.29, 0.717) is 0 Å². The molecule has 0 aliphatic carbocycles. The molecule has 2 N–H and O–H groups in total. The van der Waals surface area contributed by atoms with E-state index in [9.17, 15) is 26.8 Å². The van der Waals surface area contributed by atoms with E-state index in [1.807, 2.05) is 0 Å². The van der Waals surface area contributed by atoms with Crippen molar-refractivity contribution in [3.05, 3.63) is 53.6 Å². The number of sulfonamides is 1. The third-order valence-electron chi connectivity index (χ3n) is 3.47. The predicted octanol–water partition coefficient (Wildman–Crippen LogP) is 2.79. The van der Waals surface area contributed by atoms with Crippen LogP contribution in [0.1, 0.15) is 6.42 Å². The van der Waals surface area contributed by atoms with Crippen LogP contribution in [0, 0.1) is 0 Å². The highest BCUT2D eigenvalue weighted by atomic mass is 35.5. The molecule has 12 heteroatoms. The van der Waals surface area contributed by atoms with Gasteiger partial charge in [-0.15, -0.1) is 0 Å². The summed E-state index contributed by atoms with van der Waals surface area (Å²) in [5, 5.41) is 2.52. The Morgan fingerprint density at radius 2 is 1.83 bits per heavy atom. The molecule has 0 fully saturated rings. The average molecular weight is 463 g/mol. The fourth-order valence-electron chi connectivity index (χ4n) is 2.18. The highest BCUT2D eigenvalue weighted by molar-refractivity contribution is 7.89. The lowest BCUT2D eigenvalue weighted by molar-refractivity contribution is -0.147. The zero-order valence-electron chi connectivity index (χ0n) is 15.3. The standard InChI is InChI=1S/C18H17ClF2N2O6S/c19-12-4-3-5-13(10-12)30(26,27)22-9-8-17(25)28-11-16(24)23-14-6-1-2-7-15(14)29-18(20)21/h1-7,10,18,22H,8-9,11H2,(H,23,24). The van der Waals surface area contributed by atoms with Crippen molar-refractivity contribution >= 4 is 39.2 Å². The van der Waals surface area contributed by atoms with Crippen molar-refractivity contribution in [1.29, 1.82) is 0 Å². The van der Waals surface area contributed by atoms with E-state index >= 15 is 0 Å². The molecule has 0 heterocycles. The number of carbonyl (C=O) groups excluding carboxylic acids is 2. The molecule has 2 rings (SSSR count). The maximum Gasteiger partial charge on any atom is 0.387 e. The number of alkyl halides is 2. The number of anilines is 1. The Hall–Kier alpha value is -2.76. The van der Waals surface area contributed by atoms with Crippen LogP contribution in [0.4, 0.5) is 14.5 Å². The van der Waals surface area contributed by atoms with Crippen LogP contribution in [-0.2, 0) is 24.3 Å². The van der Waals surface area contributed by atoms with E-state index in [1.54, 1.807) is 0 Å². The van der Waals surface area contributed by atoms with Gasteiger partial charge >= 0.3 is 12.6 Å². The number of halogens is 3. The van der Waals surface area contributed by atoms with E-state index in [0.717, 1.165) is 0 Å². The van der Waals surface area contributed by atoms with Crippen LogP contribution in [0.2, 0.25) is 5.02 Å². The normalized spacial score (nSPS) is 11.2. The summed E-state index contributed by atoms with van der Waals surface area (Å²) >= 11 is 5.75. The lowest BCUT2D eigenvalue weighted by Crippen LogP contribution is -2.28. The van der Waals surface area contributed by atoms with Crippen molar-refractivity contribution in [3.8, 4) is 5.75 Å². The smallest absolute Gasteiger partial charge is 0.387 e. The molecule has 0 aromatic heterocycles. The minimum absolute atomic E-state index is 0.0202. The van der Waals surface area contributed by atoms with Crippen molar-refractivity contribution in [2.45, 2.75) is 17.9 Å². The number of rotatable bonds is 10. The molecular weight excluding hydrogens is 446 g/mol. The fraction of sp³-hybridized carbons (Fsp3) is 0.222. The van der Waals surface area contributed by atoms with Gasteiger partial charge in [0.1, 0.15) is 5.75 Å². The van der Waals surface area contributed by atoms with Gasteiger partial charge in [-0.05, 0) is 30.3 Å². The summed E-state index contributed by atoms with van der Waals surface area (Å²) in [6.07, 6.45) is -0.335. The highest BCUT2D eigenvalue weighted by Gasteiger charge is 2.16. The van der Waals surface area contributed by atoms with Gasteiger partial charge in [-0.2, -0.15) is 8.78 Å². The number of carbonyl (C=O) groups is 2. The summed E-state index contributed by atoms with van der Waals surface area (Å²) in [6, 6.07) is 11.1. The van der Waals surface area contributed by atoms with E-state index in [2.05, 4.69) is 14.8 Å². The van der Waals surface area contributed by atoms with Gasteiger partial charge in [0.15, 0.2) is 6.61 Å². The van der Waals surface area contributed by atoms with Gasteiger partial charge in [0.05, 0.1) is 17.0 Å². The predicted molar refractivity (Wildman–Crippen MR) is 104 cm³/mol. The molecule has 0 atom stereocenters. The van der Waals surface area contributed by atoms with Crippen LogP contribution in [0.25, 0.3) is 0 Å². The SMILES string of the molecule is O=C(COC(=O)CCNS(=O)(=O)c1cccc(Cl)c1)Nc1ccccc1OC(F)F. The van der Waals surface area contributed by atoms with Gasteiger partial charge in [-0.25, -0.2) is 13.1 Å². The van der Waals surface area contributed by atoms with Gasteiger partial charge in [0.25, 0.3) is 5.91 Å². The van der Waals surface area contributed by atoms with Crippen LogP contribution in [0.15, 0.2) is 53.4 Å². The molecule has 0 aliphatic rings. The molecule has 30 heavy (non-hydrogen) atoms. The highest BCUT2D eigenvalue weighted by Crippen LogP contribution is 2.25. The first-order valence-corrected chi connectivity index (χ1v) is 10.3. The van der Waals surface area contributed by atoms with Crippen molar-refractivity contribution in [2.24, 2.45) is 0 Å². The molecule has 0 radical (unpaired) electrons. The van der Waals surface area contributed by atoms with Crippen molar-refractivity contribution in [2.75, 3.05) is 18.5 Å². The van der Waals surface area contributed by atoms with Gasteiger partial charge < -0.3 is 14.8 Å². The minimum atomic E-state index is -3.86. The van der Waals surface area contributed by atoms with E-state index < -0.39 is 35.1 Å². The number of hydrogen-bond donors (Lipinski definition) is 2. The molecule has 2 aromatic carbocycles. The van der Waals surface area contributed by atoms with Crippen molar-refractivity contribution < 1.29 is 36.3 Å².